The van der Waals surface area contributed by atoms with Gasteiger partial charge in [0.05, 0.1) is 17.2 Å². The summed E-state index contributed by atoms with van der Waals surface area (Å²) in [6, 6.07) is -0.223. The second-order valence-electron chi connectivity index (χ2n) is 4.45. The number of hydrogen-bond acceptors (Lipinski definition) is 2. The van der Waals surface area contributed by atoms with E-state index in [4.69, 9.17) is 5.73 Å². The van der Waals surface area contributed by atoms with Crippen LogP contribution in [0.3, 0.4) is 0 Å². The SMILES string of the molecule is N[C@H](c1ccsc1)c1c(F)cc(C(F)(F)F)cc1C(F)(F)F. The molecule has 1 nitrogen and oxygen atoms in total. The lowest BCUT2D eigenvalue weighted by molar-refractivity contribution is -0.143. The third-order valence-corrected chi connectivity index (χ3v) is 3.68. The maximum absolute atomic E-state index is 13.9. The number of hydrogen-bond donors (Lipinski definition) is 1. The Balaban J connectivity index is 2.68. The van der Waals surface area contributed by atoms with Crippen molar-refractivity contribution in [2.75, 3.05) is 0 Å². The fourth-order valence-electron chi connectivity index (χ4n) is 1.95. The predicted octanol–water partition coefficient (Wildman–Crippen LogP) is 4.97. The zero-order valence-electron chi connectivity index (χ0n) is 10.6. The smallest absolute Gasteiger partial charge is 0.320 e. The van der Waals surface area contributed by atoms with Crippen LogP contribution in [0.25, 0.3) is 0 Å². The zero-order chi connectivity index (χ0) is 16.7. The summed E-state index contributed by atoms with van der Waals surface area (Å²) >= 11 is 1.13. The highest BCUT2D eigenvalue weighted by molar-refractivity contribution is 7.08. The van der Waals surface area contributed by atoms with Crippen LogP contribution >= 0.6 is 11.3 Å². The molecule has 22 heavy (non-hydrogen) atoms. The van der Waals surface area contributed by atoms with Crippen molar-refractivity contribution in [3.63, 3.8) is 0 Å². The summed E-state index contributed by atoms with van der Waals surface area (Å²) in [6.45, 7) is 0. The lowest BCUT2D eigenvalue weighted by atomic mass is 9.94. The molecular formula is C13H8F7NS. The van der Waals surface area contributed by atoms with Crippen molar-refractivity contribution in [3.8, 4) is 0 Å². The van der Waals surface area contributed by atoms with E-state index in [0.29, 0.717) is 0 Å². The van der Waals surface area contributed by atoms with Gasteiger partial charge in [-0.15, -0.1) is 0 Å². The average Bonchev–Trinajstić information content (AvgIpc) is 2.88. The van der Waals surface area contributed by atoms with E-state index in [2.05, 4.69) is 0 Å². The Morgan fingerprint density at radius 2 is 1.64 bits per heavy atom. The summed E-state index contributed by atoms with van der Waals surface area (Å²) in [7, 11) is 0. The molecular weight excluding hydrogens is 335 g/mol. The van der Waals surface area contributed by atoms with Gasteiger partial charge in [0.1, 0.15) is 5.82 Å². The molecule has 0 aliphatic rings. The van der Waals surface area contributed by atoms with Gasteiger partial charge in [0.25, 0.3) is 0 Å². The molecule has 1 aromatic heterocycles. The summed E-state index contributed by atoms with van der Waals surface area (Å²) in [4.78, 5) is 0. The minimum atomic E-state index is -5.16. The Hall–Kier alpha value is -1.61. The van der Waals surface area contributed by atoms with Gasteiger partial charge in [0, 0.05) is 5.56 Å². The number of thiophene rings is 1. The first-order valence-electron chi connectivity index (χ1n) is 5.77. The number of benzene rings is 1. The van der Waals surface area contributed by atoms with Crippen molar-refractivity contribution >= 4 is 11.3 Å². The summed E-state index contributed by atoms with van der Waals surface area (Å²) in [6.07, 6.45) is -10.3. The minimum absolute atomic E-state index is 0.0246. The second-order valence-corrected chi connectivity index (χ2v) is 5.23. The zero-order valence-corrected chi connectivity index (χ0v) is 11.4. The number of nitrogens with two attached hydrogens (primary N) is 1. The van der Waals surface area contributed by atoms with Gasteiger partial charge >= 0.3 is 12.4 Å². The van der Waals surface area contributed by atoms with Crippen LogP contribution in [0.4, 0.5) is 30.7 Å². The number of rotatable bonds is 2. The molecule has 0 unspecified atom stereocenters. The first-order valence-corrected chi connectivity index (χ1v) is 6.71. The van der Waals surface area contributed by atoms with Crippen molar-refractivity contribution in [2.24, 2.45) is 5.73 Å². The van der Waals surface area contributed by atoms with Crippen LogP contribution in [-0.4, -0.2) is 0 Å². The summed E-state index contributed by atoms with van der Waals surface area (Å²) in [5.41, 5.74) is 1.36. The van der Waals surface area contributed by atoms with Crippen molar-refractivity contribution in [3.05, 3.63) is 57.0 Å². The first kappa shape index (κ1) is 16.8. The van der Waals surface area contributed by atoms with Gasteiger partial charge in [-0.05, 0) is 34.5 Å². The van der Waals surface area contributed by atoms with Crippen LogP contribution in [0, 0.1) is 5.82 Å². The summed E-state index contributed by atoms with van der Waals surface area (Å²) < 4.78 is 90.7. The van der Waals surface area contributed by atoms with Crippen molar-refractivity contribution in [1.29, 1.82) is 0 Å². The highest BCUT2D eigenvalue weighted by Gasteiger charge is 2.41. The van der Waals surface area contributed by atoms with E-state index in [9.17, 15) is 30.7 Å². The second kappa shape index (κ2) is 5.54. The van der Waals surface area contributed by atoms with E-state index in [-0.39, 0.29) is 17.7 Å². The van der Waals surface area contributed by atoms with Gasteiger partial charge in [-0.3, -0.25) is 0 Å². The highest BCUT2D eigenvalue weighted by atomic mass is 32.1. The fraction of sp³-hybridized carbons (Fsp3) is 0.231. The minimum Gasteiger partial charge on any atom is -0.320 e. The van der Waals surface area contributed by atoms with Gasteiger partial charge in [0.2, 0.25) is 0 Å². The van der Waals surface area contributed by atoms with Crippen molar-refractivity contribution < 1.29 is 30.7 Å². The molecule has 0 spiro atoms. The molecule has 2 rings (SSSR count). The average molecular weight is 343 g/mol. The van der Waals surface area contributed by atoms with Crippen LogP contribution in [0.5, 0.6) is 0 Å². The number of alkyl halides is 6. The van der Waals surface area contributed by atoms with Crippen molar-refractivity contribution in [1.82, 2.24) is 0 Å². The summed E-state index contributed by atoms with van der Waals surface area (Å²) in [5, 5.41) is 2.92. The van der Waals surface area contributed by atoms with Gasteiger partial charge in [-0.1, -0.05) is 0 Å². The van der Waals surface area contributed by atoms with E-state index >= 15 is 0 Å². The third kappa shape index (κ3) is 3.25. The maximum atomic E-state index is 13.9. The van der Waals surface area contributed by atoms with Crippen LogP contribution < -0.4 is 5.73 Å². The molecule has 120 valence electrons. The lowest BCUT2D eigenvalue weighted by Gasteiger charge is -2.20. The Bertz CT molecular complexity index is 658. The van der Waals surface area contributed by atoms with E-state index in [1.165, 1.54) is 16.8 Å². The van der Waals surface area contributed by atoms with Crippen LogP contribution in [0.15, 0.2) is 29.0 Å². The Morgan fingerprint density at radius 3 is 2.09 bits per heavy atom. The molecule has 0 aliphatic heterocycles. The summed E-state index contributed by atoms with van der Waals surface area (Å²) in [5.74, 6) is -1.64. The molecule has 2 aromatic rings. The predicted molar refractivity (Wildman–Crippen MR) is 66.8 cm³/mol. The topological polar surface area (TPSA) is 26.0 Å². The monoisotopic (exact) mass is 343 g/mol. The van der Waals surface area contributed by atoms with E-state index in [1.54, 1.807) is 0 Å². The molecule has 1 aromatic carbocycles. The number of halogens is 7. The van der Waals surface area contributed by atoms with Crippen LogP contribution in [0.2, 0.25) is 0 Å². The molecule has 0 bridgehead atoms. The van der Waals surface area contributed by atoms with E-state index in [0.717, 1.165) is 11.3 Å². The molecule has 0 aliphatic carbocycles. The molecule has 0 saturated heterocycles. The van der Waals surface area contributed by atoms with E-state index < -0.39 is 40.9 Å². The normalized spacial score (nSPS) is 14.2. The first-order chi connectivity index (χ1) is 10.0. The van der Waals surface area contributed by atoms with Gasteiger partial charge in [0.15, 0.2) is 0 Å². The van der Waals surface area contributed by atoms with Crippen LogP contribution in [0.1, 0.15) is 28.3 Å². The lowest BCUT2D eigenvalue weighted by Crippen LogP contribution is -2.21. The molecule has 0 fully saturated rings. The van der Waals surface area contributed by atoms with Gasteiger partial charge < -0.3 is 5.73 Å². The standard InChI is InChI=1S/C13H8F7NS/c14-9-4-7(12(15,16)17)3-8(13(18,19)20)10(9)11(21)6-1-2-22-5-6/h1-5,11H,21H2/t11-/m1/s1. The Morgan fingerprint density at radius 1 is 1.00 bits per heavy atom. The third-order valence-electron chi connectivity index (χ3n) is 2.98. The highest BCUT2D eigenvalue weighted by Crippen LogP contribution is 2.41. The molecule has 9 heteroatoms. The Labute approximate surface area is 124 Å². The van der Waals surface area contributed by atoms with Crippen LogP contribution in [-0.2, 0) is 12.4 Å². The van der Waals surface area contributed by atoms with Gasteiger partial charge in [-0.2, -0.15) is 37.7 Å². The molecule has 1 heterocycles. The quantitative estimate of drug-likeness (QED) is 0.765. The van der Waals surface area contributed by atoms with E-state index in [1.807, 2.05) is 0 Å². The molecule has 0 amide bonds. The molecule has 0 saturated carbocycles. The molecule has 1 atom stereocenters. The van der Waals surface area contributed by atoms with Crippen molar-refractivity contribution in [2.45, 2.75) is 18.4 Å². The Kier molecular flexibility index (Phi) is 4.22. The van der Waals surface area contributed by atoms with Gasteiger partial charge in [-0.25, -0.2) is 4.39 Å². The largest absolute Gasteiger partial charge is 0.416 e. The maximum Gasteiger partial charge on any atom is 0.416 e. The molecule has 0 radical (unpaired) electrons. The fourth-order valence-corrected chi connectivity index (χ4v) is 2.65. The molecule has 2 N–H and O–H groups in total.